The molecule has 2 aliphatic heterocycles. The number of likely N-dealkylation sites (tertiary alicyclic amines) is 1. The number of piperidine rings is 2. The Morgan fingerprint density at radius 2 is 1.70 bits per heavy atom. The van der Waals surface area contributed by atoms with Crippen LogP contribution in [0.3, 0.4) is 0 Å². The zero-order chi connectivity index (χ0) is 17.3. The minimum absolute atomic E-state index is 0.302. The van der Waals surface area contributed by atoms with E-state index in [4.69, 9.17) is 0 Å². The third-order valence-corrected chi connectivity index (χ3v) is 7.69. The van der Waals surface area contributed by atoms with Crippen molar-refractivity contribution in [2.75, 3.05) is 46.8 Å². The monoisotopic (exact) mass is 349 g/mol. The lowest BCUT2D eigenvalue weighted by atomic mass is 9.92. The van der Waals surface area contributed by atoms with Crippen LogP contribution in [-0.4, -0.2) is 86.3 Å². The van der Waals surface area contributed by atoms with Gasteiger partial charge in [-0.15, -0.1) is 0 Å². The van der Waals surface area contributed by atoms with Gasteiger partial charge in [0, 0.05) is 25.7 Å². The fourth-order valence-corrected chi connectivity index (χ4v) is 4.90. The van der Waals surface area contributed by atoms with Gasteiger partial charge in [-0.25, -0.2) is 17.1 Å². The topological polar surface area (TPSA) is 43.9 Å². The first-order valence-electron chi connectivity index (χ1n) is 8.71. The van der Waals surface area contributed by atoms with Gasteiger partial charge in [-0.3, -0.25) is 0 Å². The minimum atomic E-state index is -3.26. The molecule has 0 saturated carbocycles. The largest absolute Gasteiger partial charge is 0.306 e. The average molecular weight is 350 g/mol. The SMILES string of the molecule is CC(C)S(=O)(=O)N1CCC(F)(CN(C)C2CCN(C)CC2)CC1. The first-order valence-corrected chi connectivity index (χ1v) is 10.2. The first kappa shape index (κ1) is 19.1. The molecule has 0 radical (unpaired) electrons. The van der Waals surface area contributed by atoms with Crippen molar-refractivity contribution < 1.29 is 12.8 Å². The van der Waals surface area contributed by atoms with Crippen LogP contribution < -0.4 is 0 Å². The van der Waals surface area contributed by atoms with E-state index in [2.05, 4.69) is 16.8 Å². The molecule has 0 spiro atoms. The Labute approximate surface area is 140 Å². The van der Waals surface area contributed by atoms with E-state index in [9.17, 15) is 8.42 Å². The number of halogens is 1. The smallest absolute Gasteiger partial charge is 0.216 e. The second kappa shape index (κ2) is 7.33. The van der Waals surface area contributed by atoms with Gasteiger partial charge in [0.2, 0.25) is 10.0 Å². The van der Waals surface area contributed by atoms with Gasteiger partial charge in [0.05, 0.1) is 5.25 Å². The van der Waals surface area contributed by atoms with Gasteiger partial charge in [0.1, 0.15) is 5.67 Å². The minimum Gasteiger partial charge on any atom is -0.306 e. The van der Waals surface area contributed by atoms with Crippen molar-refractivity contribution >= 4 is 10.0 Å². The highest BCUT2D eigenvalue weighted by Gasteiger charge is 2.40. The van der Waals surface area contributed by atoms with Crippen LogP contribution >= 0.6 is 0 Å². The molecule has 23 heavy (non-hydrogen) atoms. The van der Waals surface area contributed by atoms with Crippen molar-refractivity contribution in [2.24, 2.45) is 0 Å². The van der Waals surface area contributed by atoms with Crippen LogP contribution in [-0.2, 0) is 10.0 Å². The lowest BCUT2D eigenvalue weighted by molar-refractivity contribution is 0.0275. The van der Waals surface area contributed by atoms with Crippen LogP contribution in [0.5, 0.6) is 0 Å². The van der Waals surface area contributed by atoms with Crippen molar-refractivity contribution in [3.05, 3.63) is 0 Å². The quantitative estimate of drug-likeness (QED) is 0.755. The molecule has 0 aliphatic carbocycles. The van der Waals surface area contributed by atoms with E-state index in [1.165, 1.54) is 4.31 Å². The third kappa shape index (κ3) is 4.65. The van der Waals surface area contributed by atoms with Crippen molar-refractivity contribution in [1.82, 2.24) is 14.1 Å². The lowest BCUT2D eigenvalue weighted by Crippen LogP contribution is -2.52. The summed E-state index contributed by atoms with van der Waals surface area (Å²) < 4.78 is 41.0. The number of rotatable bonds is 5. The van der Waals surface area contributed by atoms with Crippen LogP contribution in [0, 0.1) is 0 Å². The zero-order valence-electron chi connectivity index (χ0n) is 15.0. The maximum Gasteiger partial charge on any atom is 0.216 e. The number of hydrogen-bond donors (Lipinski definition) is 0. The van der Waals surface area contributed by atoms with Crippen molar-refractivity contribution in [3.8, 4) is 0 Å². The maximum absolute atomic E-state index is 15.1. The van der Waals surface area contributed by atoms with Gasteiger partial charge in [-0.2, -0.15) is 0 Å². The second-order valence-electron chi connectivity index (χ2n) is 7.59. The van der Waals surface area contributed by atoms with Gasteiger partial charge in [0.25, 0.3) is 0 Å². The standard InChI is InChI=1S/C16H32FN3O2S/c1-14(2)23(21,22)20-11-7-16(17,8-12-20)13-19(4)15-5-9-18(3)10-6-15/h14-15H,5-13H2,1-4H3. The fraction of sp³-hybridized carbons (Fsp3) is 1.00. The number of hydrogen-bond acceptors (Lipinski definition) is 4. The number of nitrogens with zero attached hydrogens (tertiary/aromatic N) is 3. The zero-order valence-corrected chi connectivity index (χ0v) is 15.8. The van der Waals surface area contributed by atoms with Crippen LogP contribution in [0.15, 0.2) is 0 Å². The van der Waals surface area contributed by atoms with E-state index in [0.717, 1.165) is 25.9 Å². The Balaban J connectivity index is 1.87. The Morgan fingerprint density at radius 1 is 1.17 bits per heavy atom. The molecule has 0 bridgehead atoms. The molecule has 136 valence electrons. The molecular weight excluding hydrogens is 317 g/mol. The van der Waals surface area contributed by atoms with Crippen LogP contribution in [0.2, 0.25) is 0 Å². The van der Waals surface area contributed by atoms with Crippen LogP contribution in [0.25, 0.3) is 0 Å². The van der Waals surface area contributed by atoms with Gasteiger partial charge in [0.15, 0.2) is 0 Å². The van der Waals surface area contributed by atoms with E-state index in [-0.39, 0.29) is 0 Å². The van der Waals surface area contributed by atoms with E-state index < -0.39 is 20.9 Å². The van der Waals surface area contributed by atoms with E-state index in [0.29, 0.717) is 38.5 Å². The Kier molecular flexibility index (Phi) is 6.09. The predicted molar refractivity (Wildman–Crippen MR) is 91.9 cm³/mol. The molecule has 0 aromatic carbocycles. The summed E-state index contributed by atoms with van der Waals surface area (Å²) in [7, 11) is 0.874. The Bertz CT molecular complexity index is 482. The van der Waals surface area contributed by atoms with Gasteiger partial charge >= 0.3 is 0 Å². The third-order valence-electron chi connectivity index (χ3n) is 5.42. The van der Waals surface area contributed by atoms with Crippen molar-refractivity contribution in [3.63, 3.8) is 0 Å². The highest BCUT2D eigenvalue weighted by Crippen LogP contribution is 2.30. The molecule has 2 aliphatic rings. The Morgan fingerprint density at radius 3 is 2.17 bits per heavy atom. The molecule has 7 heteroatoms. The normalized spacial score (nSPS) is 25.3. The van der Waals surface area contributed by atoms with Gasteiger partial charge in [-0.05, 0) is 66.7 Å². The van der Waals surface area contributed by atoms with Gasteiger partial charge in [-0.1, -0.05) is 0 Å². The summed E-state index contributed by atoms with van der Waals surface area (Å²) >= 11 is 0. The lowest BCUT2D eigenvalue weighted by Gasteiger charge is -2.41. The molecule has 2 rings (SSSR count). The van der Waals surface area contributed by atoms with E-state index in [1.807, 2.05) is 7.05 Å². The molecule has 0 aromatic rings. The summed E-state index contributed by atoms with van der Waals surface area (Å²) in [6.45, 7) is 6.51. The summed E-state index contributed by atoms with van der Waals surface area (Å²) in [4.78, 5) is 4.46. The molecule has 0 aromatic heterocycles. The van der Waals surface area contributed by atoms with Crippen molar-refractivity contribution in [1.29, 1.82) is 0 Å². The highest BCUT2D eigenvalue weighted by atomic mass is 32.2. The second-order valence-corrected chi connectivity index (χ2v) is 10.1. The Hall–Kier alpha value is -0.240. The van der Waals surface area contributed by atoms with Crippen LogP contribution in [0.1, 0.15) is 39.5 Å². The summed E-state index contributed by atoms with van der Waals surface area (Å²) in [5.41, 5.74) is -1.26. The molecular formula is C16H32FN3O2S. The predicted octanol–water partition coefficient (Wildman–Crippen LogP) is 1.55. The van der Waals surface area contributed by atoms with E-state index >= 15 is 4.39 Å². The number of alkyl halides is 1. The molecule has 0 unspecified atom stereocenters. The molecule has 2 fully saturated rings. The van der Waals surface area contributed by atoms with Crippen LogP contribution in [0.4, 0.5) is 4.39 Å². The molecule has 0 atom stereocenters. The molecule has 5 nitrogen and oxygen atoms in total. The van der Waals surface area contributed by atoms with Crippen molar-refractivity contribution in [2.45, 2.75) is 56.5 Å². The molecule has 0 N–H and O–H groups in total. The molecule has 2 saturated heterocycles. The summed E-state index contributed by atoms with van der Waals surface area (Å²) in [5.74, 6) is 0. The maximum atomic E-state index is 15.1. The fourth-order valence-electron chi connectivity index (χ4n) is 3.61. The average Bonchev–Trinajstić information content (AvgIpc) is 2.47. The summed E-state index contributed by atoms with van der Waals surface area (Å²) in [5, 5.41) is -0.434. The van der Waals surface area contributed by atoms with E-state index in [1.54, 1.807) is 13.8 Å². The van der Waals surface area contributed by atoms with Gasteiger partial charge < -0.3 is 9.80 Å². The highest BCUT2D eigenvalue weighted by molar-refractivity contribution is 7.89. The number of sulfonamides is 1. The summed E-state index contributed by atoms with van der Waals surface area (Å²) in [6, 6.07) is 0.441. The molecule has 0 amide bonds. The first-order chi connectivity index (χ1) is 10.6. The summed E-state index contributed by atoms with van der Waals surface area (Å²) in [6.07, 6.45) is 2.76. The molecule has 2 heterocycles.